The second kappa shape index (κ2) is 5.45. The number of para-hydroxylation sites is 1. The minimum absolute atomic E-state index is 0.0703. The van der Waals surface area contributed by atoms with E-state index in [-0.39, 0.29) is 22.8 Å². The van der Waals surface area contributed by atoms with E-state index in [9.17, 15) is 17.2 Å². The fourth-order valence-corrected chi connectivity index (χ4v) is 3.62. The van der Waals surface area contributed by atoms with E-state index in [2.05, 4.69) is 0 Å². The molecule has 2 rings (SSSR count). The number of anilines is 1. The first-order valence-corrected chi connectivity index (χ1v) is 7.52. The number of rotatable bonds is 4. The molecule has 0 spiro atoms. The molecule has 1 aromatic carbocycles. The molecule has 1 heterocycles. The standard InChI is InChI=1S/C13H14F2N2O3S/c1-7-9(6-16)13(8(2)20-7)21(18,19)17-12-10(14)4-3-5-11(12)15/h3-5,17H,6,16H2,1-2H3. The summed E-state index contributed by atoms with van der Waals surface area (Å²) in [5.41, 5.74) is 5.05. The molecule has 0 saturated heterocycles. The molecule has 3 N–H and O–H groups in total. The minimum atomic E-state index is -4.21. The van der Waals surface area contributed by atoms with Gasteiger partial charge in [0.05, 0.1) is 0 Å². The topological polar surface area (TPSA) is 85.3 Å². The van der Waals surface area contributed by atoms with Gasteiger partial charge in [-0.25, -0.2) is 17.2 Å². The number of hydrogen-bond donors (Lipinski definition) is 2. The van der Waals surface area contributed by atoms with Crippen LogP contribution in [0.1, 0.15) is 17.1 Å². The Morgan fingerprint density at radius 1 is 1.19 bits per heavy atom. The number of nitrogens with two attached hydrogens (primary N) is 1. The Hall–Kier alpha value is -1.93. The van der Waals surface area contributed by atoms with Gasteiger partial charge in [0, 0.05) is 12.1 Å². The first kappa shape index (κ1) is 15.5. The van der Waals surface area contributed by atoms with Crippen molar-refractivity contribution >= 4 is 15.7 Å². The Morgan fingerprint density at radius 2 is 1.76 bits per heavy atom. The van der Waals surface area contributed by atoms with Crippen LogP contribution in [0.3, 0.4) is 0 Å². The lowest BCUT2D eigenvalue weighted by Crippen LogP contribution is -2.18. The number of nitrogens with one attached hydrogen (secondary N) is 1. The van der Waals surface area contributed by atoms with Crippen molar-refractivity contribution in [1.82, 2.24) is 0 Å². The molecule has 0 atom stereocenters. The average molecular weight is 316 g/mol. The zero-order valence-electron chi connectivity index (χ0n) is 11.4. The Labute approximate surface area is 120 Å². The summed E-state index contributed by atoms with van der Waals surface area (Å²) in [4.78, 5) is -0.190. The average Bonchev–Trinajstić information content (AvgIpc) is 2.69. The molecule has 0 fully saturated rings. The van der Waals surface area contributed by atoms with Gasteiger partial charge < -0.3 is 10.2 Å². The molecule has 0 unspecified atom stereocenters. The van der Waals surface area contributed by atoms with Crippen LogP contribution in [0.4, 0.5) is 14.5 Å². The van der Waals surface area contributed by atoms with E-state index in [1.165, 1.54) is 6.92 Å². The Bertz CT molecular complexity index is 765. The monoisotopic (exact) mass is 316 g/mol. The Kier molecular flexibility index (Phi) is 4.02. The Morgan fingerprint density at radius 3 is 2.29 bits per heavy atom. The number of benzene rings is 1. The van der Waals surface area contributed by atoms with Crippen molar-refractivity contribution in [3.8, 4) is 0 Å². The second-order valence-electron chi connectivity index (χ2n) is 4.43. The fraction of sp³-hybridized carbons (Fsp3) is 0.231. The number of furan rings is 1. The van der Waals surface area contributed by atoms with E-state index in [1.807, 2.05) is 4.72 Å². The van der Waals surface area contributed by atoms with Gasteiger partial charge in [-0.05, 0) is 26.0 Å². The molecule has 0 aliphatic carbocycles. The van der Waals surface area contributed by atoms with E-state index in [1.54, 1.807) is 6.92 Å². The summed E-state index contributed by atoms with van der Waals surface area (Å²) in [5, 5.41) is 0. The molecular formula is C13H14F2N2O3S. The molecule has 5 nitrogen and oxygen atoms in total. The van der Waals surface area contributed by atoms with Crippen LogP contribution in [0, 0.1) is 25.5 Å². The minimum Gasteiger partial charge on any atom is -0.465 e. The predicted molar refractivity (Wildman–Crippen MR) is 73.2 cm³/mol. The normalized spacial score (nSPS) is 11.7. The SMILES string of the molecule is Cc1oc(C)c(S(=O)(=O)Nc2c(F)cccc2F)c1CN. The van der Waals surface area contributed by atoms with Crippen molar-refractivity contribution in [3.63, 3.8) is 0 Å². The summed E-state index contributed by atoms with van der Waals surface area (Å²) >= 11 is 0. The molecule has 2 aromatic rings. The molecule has 0 amide bonds. The van der Waals surface area contributed by atoms with Gasteiger partial charge in [-0.2, -0.15) is 0 Å². The van der Waals surface area contributed by atoms with Crippen LogP contribution in [0.25, 0.3) is 0 Å². The van der Waals surface area contributed by atoms with Crippen LogP contribution in [-0.2, 0) is 16.6 Å². The zero-order valence-corrected chi connectivity index (χ0v) is 12.2. The van der Waals surface area contributed by atoms with E-state index in [4.69, 9.17) is 10.2 Å². The fourth-order valence-electron chi connectivity index (χ4n) is 2.08. The third-order valence-electron chi connectivity index (χ3n) is 3.00. The predicted octanol–water partition coefficient (Wildman–Crippen LogP) is 2.43. The molecule has 8 heteroatoms. The van der Waals surface area contributed by atoms with Crippen LogP contribution in [0.5, 0.6) is 0 Å². The first-order chi connectivity index (χ1) is 9.77. The van der Waals surface area contributed by atoms with Gasteiger partial charge in [0.25, 0.3) is 10.0 Å². The van der Waals surface area contributed by atoms with E-state index >= 15 is 0 Å². The molecule has 0 radical (unpaired) electrons. The lowest BCUT2D eigenvalue weighted by Gasteiger charge is -2.10. The summed E-state index contributed by atoms with van der Waals surface area (Å²) in [6.07, 6.45) is 0. The van der Waals surface area contributed by atoms with Crippen LogP contribution in [-0.4, -0.2) is 8.42 Å². The van der Waals surface area contributed by atoms with E-state index in [0.717, 1.165) is 18.2 Å². The molecule has 114 valence electrons. The number of halogens is 2. The van der Waals surface area contributed by atoms with Gasteiger partial charge in [-0.1, -0.05) is 6.07 Å². The summed E-state index contributed by atoms with van der Waals surface area (Å²) in [6, 6.07) is 3.05. The quantitative estimate of drug-likeness (QED) is 0.907. The number of sulfonamides is 1. The maximum Gasteiger partial charge on any atom is 0.265 e. The third kappa shape index (κ3) is 2.77. The van der Waals surface area contributed by atoms with Crippen molar-refractivity contribution in [1.29, 1.82) is 0 Å². The molecule has 0 bridgehead atoms. The van der Waals surface area contributed by atoms with E-state index in [0.29, 0.717) is 5.76 Å². The van der Waals surface area contributed by atoms with Gasteiger partial charge in [-0.3, -0.25) is 4.72 Å². The smallest absolute Gasteiger partial charge is 0.265 e. The van der Waals surface area contributed by atoms with E-state index < -0.39 is 27.3 Å². The lowest BCUT2D eigenvalue weighted by molar-refractivity contribution is 0.494. The molecular weight excluding hydrogens is 302 g/mol. The number of aryl methyl sites for hydroxylation is 2. The summed E-state index contributed by atoms with van der Waals surface area (Å²) in [5.74, 6) is -1.56. The van der Waals surface area contributed by atoms with Gasteiger partial charge >= 0.3 is 0 Å². The van der Waals surface area contributed by atoms with Crippen LogP contribution < -0.4 is 10.5 Å². The van der Waals surface area contributed by atoms with Crippen LogP contribution in [0.15, 0.2) is 27.5 Å². The number of hydrogen-bond acceptors (Lipinski definition) is 4. The highest BCUT2D eigenvalue weighted by Crippen LogP contribution is 2.29. The molecule has 1 aromatic heterocycles. The molecule has 0 saturated carbocycles. The second-order valence-corrected chi connectivity index (χ2v) is 6.05. The molecule has 0 aliphatic rings. The van der Waals surface area contributed by atoms with Gasteiger partial charge in [0.2, 0.25) is 0 Å². The highest BCUT2D eigenvalue weighted by Gasteiger charge is 2.28. The largest absolute Gasteiger partial charge is 0.465 e. The summed E-state index contributed by atoms with van der Waals surface area (Å²) in [6.45, 7) is 2.94. The van der Waals surface area contributed by atoms with Gasteiger partial charge in [0.1, 0.15) is 33.7 Å². The maximum absolute atomic E-state index is 13.6. The first-order valence-electron chi connectivity index (χ1n) is 6.03. The van der Waals surface area contributed by atoms with Crippen molar-refractivity contribution in [2.24, 2.45) is 5.73 Å². The molecule has 0 aliphatic heterocycles. The van der Waals surface area contributed by atoms with Crippen molar-refractivity contribution in [2.75, 3.05) is 4.72 Å². The molecule has 21 heavy (non-hydrogen) atoms. The maximum atomic E-state index is 13.6. The van der Waals surface area contributed by atoms with Crippen molar-refractivity contribution in [2.45, 2.75) is 25.3 Å². The van der Waals surface area contributed by atoms with Crippen molar-refractivity contribution < 1.29 is 21.6 Å². The van der Waals surface area contributed by atoms with Gasteiger partial charge in [0.15, 0.2) is 0 Å². The van der Waals surface area contributed by atoms with Crippen LogP contribution in [0.2, 0.25) is 0 Å². The van der Waals surface area contributed by atoms with Crippen LogP contribution >= 0.6 is 0 Å². The Balaban J connectivity index is 2.54. The highest BCUT2D eigenvalue weighted by molar-refractivity contribution is 7.92. The van der Waals surface area contributed by atoms with Crippen molar-refractivity contribution in [3.05, 3.63) is 46.9 Å². The zero-order chi connectivity index (χ0) is 15.8. The third-order valence-corrected chi connectivity index (χ3v) is 4.54. The summed E-state index contributed by atoms with van der Waals surface area (Å²) in [7, 11) is -4.21. The highest BCUT2D eigenvalue weighted by atomic mass is 32.2. The summed E-state index contributed by atoms with van der Waals surface area (Å²) < 4.78 is 59.0. The van der Waals surface area contributed by atoms with Gasteiger partial charge in [-0.15, -0.1) is 0 Å². The lowest BCUT2D eigenvalue weighted by atomic mass is 10.2.